The Labute approximate surface area is 161 Å². The average molecular weight is 383 g/mol. The number of ether oxygens (including phenoxy) is 1. The maximum absolute atomic E-state index is 12.6. The Morgan fingerprint density at radius 1 is 0.963 bits per heavy atom. The summed E-state index contributed by atoms with van der Waals surface area (Å²) in [5.74, 6) is -0.282. The number of carbonyl (C=O) groups excluding carboxylic acids is 3. The molecule has 2 aliphatic rings. The molecule has 0 bridgehead atoms. The van der Waals surface area contributed by atoms with Crippen molar-refractivity contribution in [3.05, 3.63) is 0 Å². The topological polar surface area (TPSA) is 108 Å². The molecule has 2 rings (SSSR count). The van der Waals surface area contributed by atoms with Crippen LogP contribution in [0.4, 0.5) is 0 Å². The van der Waals surface area contributed by atoms with Gasteiger partial charge in [0.15, 0.2) is 0 Å². The summed E-state index contributed by atoms with van der Waals surface area (Å²) in [6.45, 7) is 10.4. The molecule has 2 heterocycles. The van der Waals surface area contributed by atoms with Crippen molar-refractivity contribution in [3.63, 3.8) is 0 Å². The molecule has 154 valence electrons. The second kappa shape index (κ2) is 10.0. The fraction of sp³-hybridized carbons (Fsp3) is 0.833. The molecule has 2 atom stereocenters. The number of rotatable bonds is 6. The summed E-state index contributed by atoms with van der Waals surface area (Å²) in [5.41, 5.74) is 5.78. The normalized spacial score (nSPS) is 21.1. The van der Waals surface area contributed by atoms with Crippen LogP contribution in [0.25, 0.3) is 0 Å². The quantitative estimate of drug-likeness (QED) is 0.577. The van der Waals surface area contributed by atoms with Crippen LogP contribution in [-0.4, -0.2) is 104 Å². The Hall–Kier alpha value is -1.71. The van der Waals surface area contributed by atoms with Gasteiger partial charge in [0.25, 0.3) is 0 Å². The van der Waals surface area contributed by atoms with Crippen LogP contribution in [0, 0.1) is 5.92 Å². The molecule has 9 heteroatoms. The largest absolute Gasteiger partial charge is 0.378 e. The predicted octanol–water partition coefficient (Wildman–Crippen LogP) is -1.52. The number of amides is 3. The molecule has 3 N–H and O–H groups in total. The number of nitrogens with one attached hydrogen (secondary N) is 1. The van der Waals surface area contributed by atoms with Gasteiger partial charge in [0.2, 0.25) is 17.7 Å². The lowest BCUT2D eigenvalue weighted by Gasteiger charge is -2.39. The Morgan fingerprint density at radius 3 is 2.11 bits per heavy atom. The van der Waals surface area contributed by atoms with E-state index < -0.39 is 6.04 Å². The number of nitrogens with two attached hydrogens (primary N) is 1. The van der Waals surface area contributed by atoms with E-state index in [-0.39, 0.29) is 36.2 Å². The molecule has 0 radical (unpaired) electrons. The SMILES string of the molecule is CC(C)[C@H](N)C(=O)NCC(=O)N1CCN(C(C)C(=O)N2CCOCC2)CC1. The Bertz CT molecular complexity index is 528. The van der Waals surface area contributed by atoms with Gasteiger partial charge >= 0.3 is 0 Å². The van der Waals surface area contributed by atoms with Gasteiger partial charge in [0.1, 0.15) is 0 Å². The fourth-order valence-corrected chi connectivity index (χ4v) is 3.26. The third-order valence-electron chi connectivity index (χ3n) is 5.33. The molecule has 9 nitrogen and oxygen atoms in total. The molecule has 1 unspecified atom stereocenters. The average Bonchev–Trinajstić information content (AvgIpc) is 2.70. The first-order chi connectivity index (χ1) is 12.8. The third kappa shape index (κ3) is 5.88. The van der Waals surface area contributed by atoms with Gasteiger partial charge in [-0.1, -0.05) is 13.8 Å². The summed E-state index contributed by atoms with van der Waals surface area (Å²) in [5, 5.41) is 2.61. The molecule has 0 aromatic rings. The van der Waals surface area contributed by atoms with Crippen molar-refractivity contribution < 1.29 is 19.1 Å². The van der Waals surface area contributed by atoms with E-state index in [0.29, 0.717) is 52.5 Å². The first-order valence-corrected chi connectivity index (χ1v) is 9.73. The zero-order chi connectivity index (χ0) is 20.0. The van der Waals surface area contributed by atoms with E-state index in [1.54, 1.807) is 4.90 Å². The van der Waals surface area contributed by atoms with Gasteiger partial charge in [-0.2, -0.15) is 0 Å². The van der Waals surface area contributed by atoms with Crippen molar-refractivity contribution in [2.75, 3.05) is 59.0 Å². The molecular formula is C18H33N5O4. The molecule has 0 saturated carbocycles. The van der Waals surface area contributed by atoms with Gasteiger partial charge in [-0.3, -0.25) is 19.3 Å². The maximum atomic E-state index is 12.6. The molecule has 0 aromatic carbocycles. The third-order valence-corrected chi connectivity index (χ3v) is 5.33. The molecule has 2 saturated heterocycles. The van der Waals surface area contributed by atoms with E-state index in [1.807, 2.05) is 25.7 Å². The van der Waals surface area contributed by atoms with Gasteiger partial charge in [0.05, 0.1) is 31.8 Å². The number of hydrogen-bond donors (Lipinski definition) is 2. The second-order valence-corrected chi connectivity index (χ2v) is 7.52. The van der Waals surface area contributed by atoms with Crippen molar-refractivity contribution in [2.45, 2.75) is 32.9 Å². The standard InChI is InChI=1S/C18H33N5O4/c1-13(2)16(19)17(25)20-12-15(24)22-6-4-21(5-7-22)14(3)18(26)23-8-10-27-11-9-23/h13-14,16H,4-12,19H2,1-3H3,(H,20,25)/t14?,16-/m0/s1. The summed E-state index contributed by atoms with van der Waals surface area (Å²) in [6.07, 6.45) is 0. The van der Waals surface area contributed by atoms with Gasteiger partial charge < -0.3 is 25.6 Å². The number of hydrogen-bond acceptors (Lipinski definition) is 6. The Balaban J connectivity index is 1.74. The van der Waals surface area contributed by atoms with Crippen LogP contribution in [0.3, 0.4) is 0 Å². The summed E-state index contributed by atoms with van der Waals surface area (Å²) < 4.78 is 5.29. The lowest BCUT2D eigenvalue weighted by atomic mass is 10.1. The Morgan fingerprint density at radius 2 is 1.56 bits per heavy atom. The van der Waals surface area contributed by atoms with Crippen LogP contribution in [0.5, 0.6) is 0 Å². The molecule has 0 spiro atoms. The second-order valence-electron chi connectivity index (χ2n) is 7.52. The fourth-order valence-electron chi connectivity index (χ4n) is 3.26. The minimum absolute atomic E-state index is 0.0223. The van der Waals surface area contributed by atoms with Crippen LogP contribution in [0.2, 0.25) is 0 Å². The molecule has 2 aliphatic heterocycles. The number of nitrogens with zero attached hydrogens (tertiary/aromatic N) is 3. The molecule has 27 heavy (non-hydrogen) atoms. The van der Waals surface area contributed by atoms with Gasteiger partial charge in [-0.25, -0.2) is 0 Å². The van der Waals surface area contributed by atoms with Crippen molar-refractivity contribution in [3.8, 4) is 0 Å². The van der Waals surface area contributed by atoms with Gasteiger partial charge in [-0.15, -0.1) is 0 Å². The van der Waals surface area contributed by atoms with Crippen molar-refractivity contribution in [1.82, 2.24) is 20.0 Å². The zero-order valence-corrected chi connectivity index (χ0v) is 16.6. The summed E-state index contributed by atoms with van der Waals surface area (Å²) >= 11 is 0. The van der Waals surface area contributed by atoms with E-state index in [4.69, 9.17) is 10.5 Å². The minimum atomic E-state index is -0.610. The molecule has 3 amide bonds. The van der Waals surface area contributed by atoms with E-state index in [1.165, 1.54) is 0 Å². The maximum Gasteiger partial charge on any atom is 0.242 e. The molecular weight excluding hydrogens is 350 g/mol. The van der Waals surface area contributed by atoms with Crippen molar-refractivity contribution >= 4 is 17.7 Å². The van der Waals surface area contributed by atoms with Gasteiger partial charge in [0, 0.05) is 39.3 Å². The monoisotopic (exact) mass is 383 g/mol. The van der Waals surface area contributed by atoms with Crippen LogP contribution in [-0.2, 0) is 19.1 Å². The van der Waals surface area contributed by atoms with E-state index in [2.05, 4.69) is 10.2 Å². The highest BCUT2D eigenvalue weighted by Gasteiger charge is 2.30. The molecule has 2 fully saturated rings. The summed E-state index contributed by atoms with van der Waals surface area (Å²) in [4.78, 5) is 42.5. The lowest BCUT2D eigenvalue weighted by molar-refractivity contribution is -0.142. The first kappa shape index (κ1) is 21.6. The number of carbonyl (C=O) groups is 3. The van der Waals surface area contributed by atoms with Crippen LogP contribution in [0.1, 0.15) is 20.8 Å². The van der Waals surface area contributed by atoms with E-state index in [0.717, 1.165) is 0 Å². The molecule has 0 aromatic heterocycles. The number of morpholine rings is 1. The van der Waals surface area contributed by atoms with Crippen LogP contribution < -0.4 is 11.1 Å². The smallest absolute Gasteiger partial charge is 0.242 e. The van der Waals surface area contributed by atoms with Crippen molar-refractivity contribution in [2.24, 2.45) is 11.7 Å². The highest BCUT2D eigenvalue weighted by Crippen LogP contribution is 2.10. The summed E-state index contributed by atoms with van der Waals surface area (Å²) in [6, 6.07) is -0.814. The highest BCUT2D eigenvalue weighted by atomic mass is 16.5. The van der Waals surface area contributed by atoms with E-state index in [9.17, 15) is 14.4 Å². The van der Waals surface area contributed by atoms with Crippen LogP contribution in [0.15, 0.2) is 0 Å². The zero-order valence-electron chi connectivity index (χ0n) is 16.6. The van der Waals surface area contributed by atoms with Crippen LogP contribution >= 0.6 is 0 Å². The Kier molecular flexibility index (Phi) is 8.00. The van der Waals surface area contributed by atoms with Crippen molar-refractivity contribution in [1.29, 1.82) is 0 Å². The molecule has 0 aliphatic carbocycles. The minimum Gasteiger partial charge on any atom is -0.378 e. The lowest BCUT2D eigenvalue weighted by Crippen LogP contribution is -2.57. The first-order valence-electron chi connectivity index (χ1n) is 9.73. The summed E-state index contributed by atoms with van der Waals surface area (Å²) in [7, 11) is 0. The van der Waals surface area contributed by atoms with Gasteiger partial charge in [-0.05, 0) is 12.8 Å². The highest BCUT2D eigenvalue weighted by molar-refractivity contribution is 5.87. The predicted molar refractivity (Wildman–Crippen MR) is 101 cm³/mol. The van der Waals surface area contributed by atoms with E-state index >= 15 is 0 Å². The number of piperazine rings is 1.